The molecule has 0 amide bonds. The first-order valence-electron chi connectivity index (χ1n) is 6.20. The summed E-state index contributed by atoms with van der Waals surface area (Å²) in [5.74, 6) is -0.195. The number of aliphatic carboxylic acids is 1. The Hall–Kier alpha value is -2.44. The summed E-state index contributed by atoms with van der Waals surface area (Å²) in [6.45, 7) is 5.39. The zero-order valence-electron chi connectivity index (χ0n) is 11.6. The van der Waals surface area contributed by atoms with Crippen LogP contribution in [0.3, 0.4) is 0 Å². The van der Waals surface area contributed by atoms with Gasteiger partial charge in [0.25, 0.3) is 0 Å². The van der Waals surface area contributed by atoms with Gasteiger partial charge in [0.2, 0.25) is 11.8 Å². The Morgan fingerprint density at radius 2 is 2.20 bits per heavy atom. The Balaban J connectivity index is 2.46. The average Bonchev–Trinajstić information content (AvgIpc) is 2.88. The topological polar surface area (TPSA) is 90.1 Å². The summed E-state index contributed by atoms with van der Waals surface area (Å²) in [7, 11) is 0. The molecule has 106 valence electrons. The second kappa shape index (κ2) is 5.68. The van der Waals surface area contributed by atoms with Crippen LogP contribution in [0.5, 0.6) is 5.88 Å². The number of nitrogens with zero attached hydrogens (tertiary/aromatic N) is 4. The number of ether oxygens (including phenoxy) is 1. The molecular weight excluding hydrogens is 260 g/mol. The Labute approximate surface area is 116 Å². The van der Waals surface area contributed by atoms with E-state index in [1.54, 1.807) is 23.3 Å². The maximum atomic E-state index is 10.7. The van der Waals surface area contributed by atoms with Crippen LogP contribution in [-0.4, -0.2) is 37.2 Å². The van der Waals surface area contributed by atoms with Crippen LogP contribution in [0.15, 0.2) is 18.7 Å². The molecule has 0 spiro atoms. The highest BCUT2D eigenvalue weighted by molar-refractivity contribution is 5.68. The van der Waals surface area contributed by atoms with Gasteiger partial charge in [0.1, 0.15) is 6.33 Å². The third-order valence-electron chi connectivity index (χ3n) is 2.73. The fourth-order valence-corrected chi connectivity index (χ4v) is 1.94. The van der Waals surface area contributed by atoms with Gasteiger partial charge in [-0.25, -0.2) is 14.8 Å². The first kappa shape index (κ1) is 14.0. The summed E-state index contributed by atoms with van der Waals surface area (Å²) in [4.78, 5) is 23.3. The van der Waals surface area contributed by atoms with Crippen LogP contribution in [0.1, 0.15) is 31.0 Å². The van der Waals surface area contributed by atoms with Gasteiger partial charge >= 0.3 is 5.97 Å². The number of hydrogen-bond donors (Lipinski definition) is 1. The molecule has 0 aliphatic heterocycles. The van der Waals surface area contributed by atoms with Gasteiger partial charge in [-0.2, -0.15) is 4.98 Å². The van der Waals surface area contributed by atoms with Crippen LogP contribution in [0.25, 0.3) is 5.95 Å². The van der Waals surface area contributed by atoms with E-state index in [9.17, 15) is 4.79 Å². The minimum Gasteiger partial charge on any atom is -0.479 e. The highest BCUT2D eigenvalue weighted by atomic mass is 16.5. The predicted octanol–water partition coefficient (Wildman–Crippen LogP) is 1.56. The molecule has 20 heavy (non-hydrogen) atoms. The summed E-state index contributed by atoms with van der Waals surface area (Å²) < 4.78 is 6.94. The van der Waals surface area contributed by atoms with Gasteiger partial charge in [0, 0.05) is 18.0 Å². The van der Waals surface area contributed by atoms with Crippen molar-refractivity contribution in [2.45, 2.75) is 26.7 Å². The predicted molar refractivity (Wildman–Crippen MR) is 71.1 cm³/mol. The molecule has 0 atom stereocenters. The molecule has 0 saturated carbocycles. The zero-order chi connectivity index (χ0) is 14.7. The zero-order valence-corrected chi connectivity index (χ0v) is 11.6. The van der Waals surface area contributed by atoms with Crippen molar-refractivity contribution < 1.29 is 14.6 Å². The number of aromatic nitrogens is 4. The van der Waals surface area contributed by atoms with Gasteiger partial charge in [-0.1, -0.05) is 13.8 Å². The van der Waals surface area contributed by atoms with Crippen molar-refractivity contribution in [3.63, 3.8) is 0 Å². The van der Waals surface area contributed by atoms with Crippen molar-refractivity contribution >= 4 is 5.97 Å². The Bertz CT molecular complexity index is 608. The number of aryl methyl sites for hydroxylation is 1. The van der Waals surface area contributed by atoms with E-state index >= 15 is 0 Å². The lowest BCUT2D eigenvalue weighted by Crippen LogP contribution is -2.14. The largest absolute Gasteiger partial charge is 0.479 e. The number of carboxylic acid groups (broad SMARTS) is 1. The molecule has 0 unspecified atom stereocenters. The highest BCUT2D eigenvalue weighted by Gasteiger charge is 2.17. The minimum atomic E-state index is -1.04. The van der Waals surface area contributed by atoms with E-state index in [2.05, 4.69) is 15.0 Å². The van der Waals surface area contributed by atoms with E-state index < -0.39 is 12.6 Å². The second-order valence-electron chi connectivity index (χ2n) is 4.63. The van der Waals surface area contributed by atoms with Crippen molar-refractivity contribution in [3.8, 4) is 11.8 Å². The first-order valence-corrected chi connectivity index (χ1v) is 6.20. The first-order chi connectivity index (χ1) is 9.49. The highest BCUT2D eigenvalue weighted by Crippen LogP contribution is 2.27. The fourth-order valence-electron chi connectivity index (χ4n) is 1.94. The van der Waals surface area contributed by atoms with Crippen molar-refractivity contribution in [2.24, 2.45) is 0 Å². The molecule has 2 heterocycles. The lowest BCUT2D eigenvalue weighted by molar-refractivity contribution is -0.139. The molecule has 7 heteroatoms. The number of hydrogen-bond acceptors (Lipinski definition) is 5. The van der Waals surface area contributed by atoms with E-state index in [0.717, 1.165) is 11.3 Å². The number of carbonyl (C=O) groups is 1. The second-order valence-corrected chi connectivity index (χ2v) is 4.63. The average molecular weight is 276 g/mol. The normalized spacial score (nSPS) is 10.8. The summed E-state index contributed by atoms with van der Waals surface area (Å²) >= 11 is 0. The Morgan fingerprint density at radius 1 is 1.45 bits per heavy atom. The van der Waals surface area contributed by atoms with Gasteiger partial charge < -0.3 is 9.84 Å². The molecule has 0 aliphatic rings. The van der Waals surface area contributed by atoms with Crippen LogP contribution in [0, 0.1) is 6.92 Å². The molecule has 0 fully saturated rings. The van der Waals surface area contributed by atoms with Gasteiger partial charge in [0.15, 0.2) is 6.61 Å². The van der Waals surface area contributed by atoms with E-state index in [0.29, 0.717) is 11.8 Å². The van der Waals surface area contributed by atoms with E-state index in [1.165, 1.54) is 0 Å². The quantitative estimate of drug-likeness (QED) is 0.891. The molecule has 1 N–H and O–H groups in total. The molecule has 0 bridgehead atoms. The van der Waals surface area contributed by atoms with Crippen molar-refractivity contribution in [1.82, 2.24) is 19.5 Å². The summed E-state index contributed by atoms with van der Waals surface area (Å²) in [5, 5.41) is 8.74. The number of carboxylic acids is 1. The van der Waals surface area contributed by atoms with Crippen molar-refractivity contribution in [1.29, 1.82) is 0 Å². The maximum Gasteiger partial charge on any atom is 0.341 e. The monoisotopic (exact) mass is 276 g/mol. The molecule has 0 aliphatic carbocycles. The fraction of sp³-hybridized carbons (Fsp3) is 0.385. The SMILES string of the molecule is Cc1nc(-n2ccnc2)nc(OCC(=O)O)c1C(C)C. The summed E-state index contributed by atoms with van der Waals surface area (Å²) in [5.41, 5.74) is 1.58. The summed E-state index contributed by atoms with van der Waals surface area (Å²) in [6.07, 6.45) is 4.91. The van der Waals surface area contributed by atoms with E-state index in [1.807, 2.05) is 20.8 Å². The molecule has 0 saturated heterocycles. The Morgan fingerprint density at radius 3 is 2.75 bits per heavy atom. The van der Waals surface area contributed by atoms with Gasteiger partial charge in [-0.15, -0.1) is 0 Å². The van der Waals surface area contributed by atoms with Gasteiger partial charge in [-0.3, -0.25) is 4.57 Å². The molecular formula is C13H16N4O3. The lowest BCUT2D eigenvalue weighted by Gasteiger charge is -2.15. The van der Waals surface area contributed by atoms with Crippen LogP contribution in [-0.2, 0) is 4.79 Å². The van der Waals surface area contributed by atoms with Crippen molar-refractivity contribution in [3.05, 3.63) is 30.0 Å². The van der Waals surface area contributed by atoms with Gasteiger partial charge in [-0.05, 0) is 12.8 Å². The summed E-state index contributed by atoms with van der Waals surface area (Å²) in [6, 6.07) is 0. The van der Waals surface area contributed by atoms with E-state index in [4.69, 9.17) is 9.84 Å². The van der Waals surface area contributed by atoms with Crippen LogP contribution >= 0.6 is 0 Å². The molecule has 0 aromatic carbocycles. The molecule has 7 nitrogen and oxygen atoms in total. The van der Waals surface area contributed by atoms with Crippen LogP contribution < -0.4 is 4.74 Å². The smallest absolute Gasteiger partial charge is 0.341 e. The van der Waals surface area contributed by atoms with E-state index in [-0.39, 0.29) is 5.92 Å². The molecule has 2 rings (SSSR count). The minimum absolute atomic E-state index is 0.135. The van der Waals surface area contributed by atoms with Crippen molar-refractivity contribution in [2.75, 3.05) is 6.61 Å². The number of imidazole rings is 1. The van der Waals surface area contributed by atoms with Crippen LogP contribution in [0.2, 0.25) is 0 Å². The molecule has 0 radical (unpaired) electrons. The Kier molecular flexibility index (Phi) is 3.97. The number of rotatable bonds is 5. The third kappa shape index (κ3) is 2.93. The van der Waals surface area contributed by atoms with Gasteiger partial charge in [0.05, 0.1) is 5.69 Å². The lowest BCUT2D eigenvalue weighted by atomic mass is 10.0. The molecule has 2 aromatic heterocycles. The third-order valence-corrected chi connectivity index (χ3v) is 2.73. The maximum absolute atomic E-state index is 10.7. The van der Waals surface area contributed by atoms with Crippen LogP contribution in [0.4, 0.5) is 0 Å². The molecule has 2 aromatic rings. The standard InChI is InChI=1S/C13H16N4O3/c1-8(2)11-9(3)15-13(17-5-4-14-7-17)16-12(11)20-6-10(18)19/h4-5,7-8H,6H2,1-3H3,(H,18,19).